The SMILES string of the molecule is CCCN1C(=O)C(=O)/C(=C(/O)c2ccc(C)c(C)c2)C1c1cn(C)c2ccccc12. The molecule has 2 aromatic carbocycles. The molecule has 0 radical (unpaired) electrons. The van der Waals surface area contributed by atoms with E-state index in [2.05, 4.69) is 0 Å². The van der Waals surface area contributed by atoms with Gasteiger partial charge in [0.1, 0.15) is 5.76 Å². The lowest BCUT2D eigenvalue weighted by Gasteiger charge is -2.24. The number of aliphatic hydroxyl groups is 1. The topological polar surface area (TPSA) is 62.5 Å². The summed E-state index contributed by atoms with van der Waals surface area (Å²) >= 11 is 0. The maximum atomic E-state index is 13.1. The summed E-state index contributed by atoms with van der Waals surface area (Å²) in [4.78, 5) is 27.6. The minimum atomic E-state index is -0.628. The molecule has 154 valence electrons. The van der Waals surface area contributed by atoms with E-state index in [9.17, 15) is 14.7 Å². The second kappa shape index (κ2) is 7.48. The third-order valence-corrected chi connectivity index (χ3v) is 6.01. The highest BCUT2D eigenvalue weighted by Crippen LogP contribution is 2.42. The van der Waals surface area contributed by atoms with Crippen molar-refractivity contribution < 1.29 is 14.7 Å². The lowest BCUT2D eigenvalue weighted by atomic mass is 9.94. The van der Waals surface area contributed by atoms with E-state index in [1.807, 2.05) is 75.0 Å². The molecule has 1 aliphatic heterocycles. The number of carbonyl (C=O) groups excluding carboxylic acids is 2. The quantitative estimate of drug-likeness (QED) is 0.393. The van der Waals surface area contributed by atoms with Crippen LogP contribution in [0.5, 0.6) is 0 Å². The highest BCUT2D eigenvalue weighted by atomic mass is 16.3. The number of benzene rings is 2. The number of aromatic nitrogens is 1. The number of hydrogen-bond acceptors (Lipinski definition) is 3. The van der Waals surface area contributed by atoms with Crippen molar-refractivity contribution in [2.75, 3.05) is 6.54 Å². The van der Waals surface area contributed by atoms with Crippen molar-refractivity contribution in [2.24, 2.45) is 7.05 Å². The maximum absolute atomic E-state index is 13.1. The minimum Gasteiger partial charge on any atom is -0.507 e. The molecule has 0 saturated carbocycles. The lowest BCUT2D eigenvalue weighted by Crippen LogP contribution is -2.30. The summed E-state index contributed by atoms with van der Waals surface area (Å²) in [5.41, 5.74) is 4.70. The average molecular weight is 402 g/mol. The molecule has 1 atom stereocenters. The van der Waals surface area contributed by atoms with E-state index in [-0.39, 0.29) is 11.3 Å². The zero-order chi connectivity index (χ0) is 21.6. The van der Waals surface area contributed by atoms with E-state index in [0.29, 0.717) is 12.1 Å². The molecule has 2 heterocycles. The van der Waals surface area contributed by atoms with E-state index < -0.39 is 17.7 Å². The molecule has 3 aromatic rings. The molecule has 0 spiro atoms. The number of fused-ring (bicyclic) bond motifs is 1. The Morgan fingerprint density at radius 3 is 2.50 bits per heavy atom. The number of Topliss-reactive ketones (excluding diaryl/α,β-unsaturated/α-hetero) is 1. The van der Waals surface area contributed by atoms with Crippen LogP contribution in [0, 0.1) is 13.8 Å². The van der Waals surface area contributed by atoms with Crippen molar-refractivity contribution in [3.63, 3.8) is 0 Å². The molecule has 5 nitrogen and oxygen atoms in total. The van der Waals surface area contributed by atoms with Crippen molar-refractivity contribution in [3.05, 3.63) is 76.5 Å². The molecule has 30 heavy (non-hydrogen) atoms. The number of rotatable bonds is 4. The summed E-state index contributed by atoms with van der Waals surface area (Å²) in [6.45, 7) is 6.38. The van der Waals surface area contributed by atoms with Crippen molar-refractivity contribution in [1.82, 2.24) is 9.47 Å². The van der Waals surface area contributed by atoms with Crippen LogP contribution in [0.25, 0.3) is 16.7 Å². The van der Waals surface area contributed by atoms with Crippen LogP contribution in [0.15, 0.2) is 54.2 Å². The van der Waals surface area contributed by atoms with Crippen LogP contribution in [0.4, 0.5) is 0 Å². The molecule has 1 aromatic heterocycles. The van der Waals surface area contributed by atoms with Crippen LogP contribution in [0.1, 0.15) is 41.6 Å². The molecular weight excluding hydrogens is 376 g/mol. The van der Waals surface area contributed by atoms with Gasteiger partial charge in [-0.05, 0) is 43.5 Å². The first-order valence-electron chi connectivity index (χ1n) is 10.2. The number of ketones is 1. The average Bonchev–Trinajstić information content (AvgIpc) is 3.19. The Hall–Kier alpha value is -3.34. The summed E-state index contributed by atoms with van der Waals surface area (Å²) < 4.78 is 1.99. The third kappa shape index (κ3) is 3.02. The van der Waals surface area contributed by atoms with Gasteiger partial charge in [0.15, 0.2) is 0 Å². The zero-order valence-electron chi connectivity index (χ0n) is 17.8. The lowest BCUT2D eigenvalue weighted by molar-refractivity contribution is -0.139. The highest BCUT2D eigenvalue weighted by Gasteiger charge is 2.46. The standard InChI is InChI=1S/C25H26N2O3/c1-5-12-27-22(19-14-26(4)20-9-7-6-8-18(19)20)21(24(29)25(27)30)23(28)17-11-10-15(2)16(3)13-17/h6-11,13-14,22,28H,5,12H2,1-4H3/b23-21+. The van der Waals surface area contributed by atoms with Crippen LogP contribution in [-0.2, 0) is 16.6 Å². The second-order valence-corrected chi connectivity index (χ2v) is 8.00. The smallest absolute Gasteiger partial charge is 0.295 e. The van der Waals surface area contributed by atoms with Gasteiger partial charge < -0.3 is 14.6 Å². The normalized spacial score (nSPS) is 18.5. The fraction of sp³-hybridized carbons (Fsp3) is 0.280. The number of para-hydroxylation sites is 1. The van der Waals surface area contributed by atoms with Gasteiger partial charge in [0.05, 0.1) is 11.6 Å². The van der Waals surface area contributed by atoms with Crippen LogP contribution < -0.4 is 0 Å². The number of amides is 1. The van der Waals surface area contributed by atoms with E-state index >= 15 is 0 Å². The predicted molar refractivity (Wildman–Crippen MR) is 118 cm³/mol. The van der Waals surface area contributed by atoms with Crippen molar-refractivity contribution in [1.29, 1.82) is 0 Å². The summed E-state index contributed by atoms with van der Waals surface area (Å²) in [6.07, 6.45) is 2.68. The molecule has 4 rings (SSSR count). The summed E-state index contributed by atoms with van der Waals surface area (Å²) in [7, 11) is 1.95. The summed E-state index contributed by atoms with van der Waals surface area (Å²) in [6, 6.07) is 12.9. The van der Waals surface area contributed by atoms with Gasteiger partial charge in [0.2, 0.25) is 0 Å². The van der Waals surface area contributed by atoms with Crippen LogP contribution in [0.3, 0.4) is 0 Å². The van der Waals surface area contributed by atoms with Crippen LogP contribution in [-0.4, -0.2) is 32.8 Å². The van der Waals surface area contributed by atoms with Gasteiger partial charge in [0.25, 0.3) is 11.7 Å². The largest absolute Gasteiger partial charge is 0.507 e. The Morgan fingerprint density at radius 2 is 1.80 bits per heavy atom. The molecule has 5 heteroatoms. The van der Waals surface area contributed by atoms with Gasteiger partial charge in [-0.2, -0.15) is 0 Å². The van der Waals surface area contributed by atoms with Crippen LogP contribution >= 0.6 is 0 Å². The third-order valence-electron chi connectivity index (χ3n) is 6.01. The minimum absolute atomic E-state index is 0.118. The zero-order valence-corrected chi connectivity index (χ0v) is 17.8. The van der Waals surface area contributed by atoms with E-state index in [1.54, 1.807) is 11.0 Å². The Morgan fingerprint density at radius 1 is 1.07 bits per heavy atom. The summed E-state index contributed by atoms with van der Waals surface area (Å²) in [5.74, 6) is -1.30. The van der Waals surface area contributed by atoms with E-state index in [1.165, 1.54) is 0 Å². The molecule has 1 aliphatic rings. The van der Waals surface area contributed by atoms with Gasteiger partial charge in [-0.25, -0.2) is 0 Å². The first-order valence-corrected chi connectivity index (χ1v) is 10.2. The molecule has 1 fully saturated rings. The van der Waals surface area contributed by atoms with E-state index in [0.717, 1.165) is 34.0 Å². The first kappa shape index (κ1) is 20.0. The number of carbonyl (C=O) groups is 2. The first-order chi connectivity index (χ1) is 14.3. The Labute approximate surface area is 176 Å². The van der Waals surface area contributed by atoms with Gasteiger partial charge in [-0.1, -0.05) is 37.3 Å². The molecule has 1 unspecified atom stereocenters. The van der Waals surface area contributed by atoms with Gasteiger partial charge in [-0.3, -0.25) is 9.59 Å². The summed E-state index contributed by atoms with van der Waals surface area (Å²) in [5, 5.41) is 12.2. The van der Waals surface area contributed by atoms with Crippen molar-refractivity contribution >= 4 is 28.4 Å². The Balaban J connectivity index is 1.98. The molecule has 1 N–H and O–H groups in total. The molecule has 1 amide bonds. The van der Waals surface area contributed by atoms with Crippen LogP contribution in [0.2, 0.25) is 0 Å². The maximum Gasteiger partial charge on any atom is 0.295 e. The molecular formula is C25H26N2O3. The highest BCUT2D eigenvalue weighted by molar-refractivity contribution is 6.46. The monoisotopic (exact) mass is 402 g/mol. The number of nitrogens with zero attached hydrogens (tertiary/aromatic N) is 2. The molecule has 0 aliphatic carbocycles. The number of aliphatic hydroxyl groups excluding tert-OH is 1. The van der Waals surface area contributed by atoms with Gasteiger partial charge in [-0.15, -0.1) is 0 Å². The fourth-order valence-corrected chi connectivity index (χ4v) is 4.31. The van der Waals surface area contributed by atoms with Crippen molar-refractivity contribution in [2.45, 2.75) is 33.2 Å². The molecule has 1 saturated heterocycles. The predicted octanol–water partition coefficient (Wildman–Crippen LogP) is 4.63. The fourth-order valence-electron chi connectivity index (χ4n) is 4.31. The Kier molecular flexibility index (Phi) is 4.98. The number of hydrogen-bond donors (Lipinski definition) is 1. The molecule has 0 bridgehead atoms. The Bertz CT molecular complexity index is 1200. The number of aryl methyl sites for hydroxylation is 3. The number of likely N-dealkylation sites (tertiary alicyclic amines) is 1. The van der Waals surface area contributed by atoms with Crippen molar-refractivity contribution in [3.8, 4) is 0 Å². The van der Waals surface area contributed by atoms with E-state index in [4.69, 9.17) is 0 Å². The second-order valence-electron chi connectivity index (χ2n) is 8.00. The van der Waals surface area contributed by atoms with Gasteiger partial charge >= 0.3 is 0 Å². The van der Waals surface area contributed by atoms with Gasteiger partial charge in [0, 0.05) is 41.8 Å².